The summed E-state index contributed by atoms with van der Waals surface area (Å²) in [7, 11) is 3.20. The lowest BCUT2D eigenvalue weighted by Gasteiger charge is -2.31. The van der Waals surface area contributed by atoms with Gasteiger partial charge in [-0.1, -0.05) is 43.2 Å². The molecule has 2 N–H and O–H groups in total. The van der Waals surface area contributed by atoms with Crippen LogP contribution in [0, 0.1) is 0 Å². The van der Waals surface area contributed by atoms with Crippen LogP contribution in [0.2, 0.25) is 0 Å². The molecule has 0 radical (unpaired) electrons. The number of ketones is 1. The third kappa shape index (κ3) is 7.44. The summed E-state index contributed by atoms with van der Waals surface area (Å²) in [6.07, 6.45) is 4.30. The highest BCUT2D eigenvalue weighted by molar-refractivity contribution is 6.20. The van der Waals surface area contributed by atoms with Gasteiger partial charge in [0.1, 0.15) is 23.1 Å². The third-order valence-corrected chi connectivity index (χ3v) is 6.64. The maximum Gasteiger partial charge on any atom is 0.191 e. The summed E-state index contributed by atoms with van der Waals surface area (Å²) in [4.78, 5) is 15.5. The molecule has 7 heteroatoms. The minimum Gasteiger partial charge on any atom is -0.497 e. The topological polar surface area (TPSA) is 74.0 Å². The van der Waals surface area contributed by atoms with Crippen molar-refractivity contribution in [2.75, 3.05) is 27.3 Å². The maximum atomic E-state index is 13.3. The average molecular weight is 475 g/mol. The van der Waals surface area contributed by atoms with Crippen LogP contribution in [0.5, 0.6) is 11.5 Å². The summed E-state index contributed by atoms with van der Waals surface area (Å²) in [6, 6.07) is 14.3. The SMILES string of the molecule is COc1cc(COC(CC(N)C(Cl)N2CCCCCC2)C(=O)c2ccccc2)cc(OC)c1. The molecule has 0 saturated carbocycles. The zero-order chi connectivity index (χ0) is 23.6. The van der Waals surface area contributed by atoms with Gasteiger partial charge in [0.05, 0.1) is 20.8 Å². The second kappa shape index (κ2) is 12.9. The van der Waals surface area contributed by atoms with Crippen molar-refractivity contribution in [3.8, 4) is 11.5 Å². The van der Waals surface area contributed by atoms with Crippen LogP contribution in [0.1, 0.15) is 48.0 Å². The lowest BCUT2D eigenvalue weighted by atomic mass is 10.00. The first kappa shape index (κ1) is 25.5. The maximum absolute atomic E-state index is 13.3. The van der Waals surface area contributed by atoms with E-state index in [1.807, 2.05) is 30.3 Å². The van der Waals surface area contributed by atoms with Gasteiger partial charge in [0, 0.05) is 17.7 Å². The van der Waals surface area contributed by atoms with E-state index in [1.54, 1.807) is 32.4 Å². The number of likely N-dealkylation sites (tertiary alicyclic amines) is 1. The molecule has 3 atom stereocenters. The van der Waals surface area contributed by atoms with Crippen molar-refractivity contribution >= 4 is 17.4 Å². The second-order valence-electron chi connectivity index (χ2n) is 8.47. The number of Topliss-reactive ketones (excluding diaryl/α,β-unsaturated/α-hetero) is 1. The Labute approximate surface area is 201 Å². The van der Waals surface area contributed by atoms with Gasteiger partial charge in [0.15, 0.2) is 5.78 Å². The van der Waals surface area contributed by atoms with Crippen molar-refractivity contribution in [1.29, 1.82) is 0 Å². The molecule has 3 rings (SSSR count). The normalized spacial score (nSPS) is 17.6. The smallest absolute Gasteiger partial charge is 0.191 e. The molecule has 3 unspecified atom stereocenters. The Kier molecular flexibility index (Phi) is 10.0. The highest BCUT2D eigenvalue weighted by Crippen LogP contribution is 2.25. The van der Waals surface area contributed by atoms with Gasteiger partial charge in [-0.25, -0.2) is 0 Å². The molecule has 1 aliphatic heterocycles. The molecule has 33 heavy (non-hydrogen) atoms. The Morgan fingerprint density at radius 2 is 1.61 bits per heavy atom. The summed E-state index contributed by atoms with van der Waals surface area (Å²) in [6.45, 7) is 2.09. The van der Waals surface area contributed by atoms with Gasteiger partial charge < -0.3 is 19.9 Å². The Balaban J connectivity index is 1.74. The number of benzene rings is 2. The van der Waals surface area contributed by atoms with E-state index in [0.29, 0.717) is 23.5 Å². The number of carbonyl (C=O) groups excluding carboxylic acids is 1. The van der Waals surface area contributed by atoms with E-state index in [9.17, 15) is 4.79 Å². The Morgan fingerprint density at radius 1 is 1.00 bits per heavy atom. The van der Waals surface area contributed by atoms with Crippen LogP contribution in [-0.4, -0.2) is 55.6 Å². The molecule has 0 aromatic heterocycles. The predicted octanol–water partition coefficient (Wildman–Crippen LogP) is 4.63. The summed E-state index contributed by atoms with van der Waals surface area (Å²) < 4.78 is 16.9. The number of methoxy groups -OCH3 is 2. The van der Waals surface area contributed by atoms with Gasteiger partial charge in [-0.3, -0.25) is 9.69 Å². The van der Waals surface area contributed by atoms with Crippen molar-refractivity contribution in [2.45, 2.75) is 56.4 Å². The molecule has 0 bridgehead atoms. The second-order valence-corrected chi connectivity index (χ2v) is 8.92. The molecule has 180 valence electrons. The van der Waals surface area contributed by atoms with Crippen molar-refractivity contribution in [1.82, 2.24) is 4.90 Å². The van der Waals surface area contributed by atoms with E-state index in [-0.39, 0.29) is 17.9 Å². The highest BCUT2D eigenvalue weighted by atomic mass is 35.5. The molecule has 0 spiro atoms. The number of carbonyl (C=O) groups is 1. The first-order valence-corrected chi connectivity index (χ1v) is 12.0. The summed E-state index contributed by atoms with van der Waals surface area (Å²) in [5.41, 5.74) is 7.64. The van der Waals surface area contributed by atoms with Gasteiger partial charge in [-0.15, -0.1) is 11.6 Å². The Morgan fingerprint density at radius 3 is 2.18 bits per heavy atom. The fourth-order valence-electron chi connectivity index (χ4n) is 4.16. The van der Waals surface area contributed by atoms with Crippen LogP contribution in [0.4, 0.5) is 0 Å². The number of hydrogen-bond acceptors (Lipinski definition) is 6. The number of nitrogens with two attached hydrogens (primary N) is 1. The molecular weight excluding hydrogens is 440 g/mol. The number of hydrogen-bond donors (Lipinski definition) is 1. The van der Waals surface area contributed by atoms with Gasteiger partial charge in [-0.2, -0.15) is 0 Å². The zero-order valence-electron chi connectivity index (χ0n) is 19.5. The Bertz CT molecular complexity index is 850. The minimum atomic E-state index is -0.715. The van der Waals surface area contributed by atoms with Gasteiger partial charge in [0.25, 0.3) is 0 Å². The number of rotatable bonds is 11. The van der Waals surface area contributed by atoms with E-state index in [2.05, 4.69) is 4.90 Å². The van der Waals surface area contributed by atoms with E-state index in [0.717, 1.165) is 31.5 Å². The fourth-order valence-corrected chi connectivity index (χ4v) is 4.46. The molecule has 1 heterocycles. The van der Waals surface area contributed by atoms with E-state index in [4.69, 9.17) is 31.5 Å². The number of ether oxygens (including phenoxy) is 3. The van der Waals surface area contributed by atoms with Crippen molar-refractivity contribution < 1.29 is 19.0 Å². The minimum absolute atomic E-state index is 0.0966. The number of halogens is 1. The lowest BCUT2D eigenvalue weighted by Crippen LogP contribution is -2.47. The fraction of sp³-hybridized carbons (Fsp3) is 0.500. The lowest BCUT2D eigenvalue weighted by molar-refractivity contribution is 0.0253. The van der Waals surface area contributed by atoms with Gasteiger partial charge >= 0.3 is 0 Å². The Hall–Kier alpha value is -2.12. The van der Waals surface area contributed by atoms with Crippen LogP contribution in [0.3, 0.4) is 0 Å². The first-order chi connectivity index (χ1) is 16.0. The molecule has 0 aliphatic carbocycles. The molecule has 2 aromatic carbocycles. The standard InChI is InChI=1S/C26H35ClN2O4/c1-31-21-14-19(15-22(16-21)32-2)18-33-24(25(30)20-10-6-5-7-11-20)17-23(28)26(27)29-12-8-3-4-9-13-29/h5-7,10-11,14-16,23-24,26H,3-4,8-9,12-13,17-18,28H2,1-2H3. The van der Waals surface area contributed by atoms with Crippen LogP contribution in [0.15, 0.2) is 48.5 Å². The average Bonchev–Trinajstić information content (AvgIpc) is 3.15. The van der Waals surface area contributed by atoms with Crippen LogP contribution >= 0.6 is 11.6 Å². The zero-order valence-corrected chi connectivity index (χ0v) is 20.3. The van der Waals surface area contributed by atoms with Gasteiger partial charge in [0.2, 0.25) is 0 Å². The molecular formula is C26H35ClN2O4. The summed E-state index contributed by atoms with van der Waals surface area (Å²) >= 11 is 6.77. The first-order valence-electron chi connectivity index (χ1n) is 11.6. The third-order valence-electron chi connectivity index (χ3n) is 6.04. The van der Waals surface area contributed by atoms with Crippen molar-refractivity contribution in [3.05, 3.63) is 59.7 Å². The molecule has 1 saturated heterocycles. The predicted molar refractivity (Wildman–Crippen MR) is 131 cm³/mol. The summed E-state index contributed by atoms with van der Waals surface area (Å²) in [5.74, 6) is 1.23. The summed E-state index contributed by atoms with van der Waals surface area (Å²) in [5, 5.41) is 0. The molecule has 1 aliphatic rings. The largest absolute Gasteiger partial charge is 0.497 e. The molecule has 6 nitrogen and oxygen atoms in total. The number of alkyl halides is 1. The molecule has 2 aromatic rings. The van der Waals surface area contributed by atoms with Crippen molar-refractivity contribution in [3.63, 3.8) is 0 Å². The van der Waals surface area contributed by atoms with Crippen LogP contribution in [-0.2, 0) is 11.3 Å². The van der Waals surface area contributed by atoms with Crippen LogP contribution < -0.4 is 15.2 Å². The van der Waals surface area contributed by atoms with E-state index < -0.39 is 12.1 Å². The molecule has 0 amide bonds. The number of nitrogens with zero attached hydrogens (tertiary/aromatic N) is 1. The van der Waals surface area contributed by atoms with E-state index >= 15 is 0 Å². The molecule has 1 fully saturated rings. The van der Waals surface area contributed by atoms with Gasteiger partial charge in [-0.05, 0) is 50.0 Å². The monoisotopic (exact) mass is 474 g/mol. The van der Waals surface area contributed by atoms with Crippen molar-refractivity contribution in [2.24, 2.45) is 5.73 Å². The quantitative estimate of drug-likeness (QED) is 0.291. The van der Waals surface area contributed by atoms with Crippen LogP contribution in [0.25, 0.3) is 0 Å². The highest BCUT2D eigenvalue weighted by Gasteiger charge is 2.30. The van der Waals surface area contributed by atoms with E-state index in [1.165, 1.54) is 12.8 Å².